The summed E-state index contributed by atoms with van der Waals surface area (Å²) in [6, 6.07) is 4.97. The van der Waals surface area contributed by atoms with Crippen molar-refractivity contribution in [2.45, 2.75) is 85.5 Å². The molecule has 196 valence electrons. The third-order valence-corrected chi connectivity index (χ3v) is 5.57. The molecule has 9 nitrogen and oxygen atoms in total. The van der Waals surface area contributed by atoms with Crippen LogP contribution in [0.25, 0.3) is 0 Å². The van der Waals surface area contributed by atoms with E-state index in [1.807, 2.05) is 46.8 Å². The largest absolute Gasteiger partial charge is 0.468 e. The Morgan fingerprint density at radius 3 is 2.14 bits per heavy atom. The second-order valence-electron chi connectivity index (χ2n) is 9.92. The van der Waals surface area contributed by atoms with Crippen LogP contribution in [0.5, 0.6) is 0 Å². The number of hydrogen-bond donors (Lipinski definition) is 2. The summed E-state index contributed by atoms with van der Waals surface area (Å²) in [4.78, 5) is 53.2. The van der Waals surface area contributed by atoms with Gasteiger partial charge in [0.1, 0.15) is 24.2 Å². The van der Waals surface area contributed by atoms with E-state index < -0.39 is 41.6 Å². The van der Waals surface area contributed by atoms with E-state index in [-0.39, 0.29) is 18.5 Å². The molecule has 0 saturated carbocycles. The molecule has 9 heteroatoms. The fourth-order valence-corrected chi connectivity index (χ4v) is 3.54. The van der Waals surface area contributed by atoms with Gasteiger partial charge in [-0.15, -0.1) is 0 Å². The molecule has 0 spiro atoms. The molecular weight excluding hydrogens is 450 g/mol. The molecule has 3 amide bonds. The average molecular weight is 492 g/mol. The van der Waals surface area contributed by atoms with E-state index in [0.717, 1.165) is 5.56 Å². The first kappa shape index (κ1) is 29.9. The van der Waals surface area contributed by atoms with Crippen LogP contribution in [0.2, 0.25) is 0 Å². The highest BCUT2D eigenvalue weighted by molar-refractivity contribution is 5.93. The molecule has 2 N–H and O–H groups in total. The Kier molecular flexibility index (Phi) is 11.2. The van der Waals surface area contributed by atoms with Gasteiger partial charge in [0.05, 0.1) is 7.11 Å². The molecule has 3 unspecified atom stereocenters. The lowest BCUT2D eigenvalue weighted by Gasteiger charge is -2.39. The number of esters is 1. The summed E-state index contributed by atoms with van der Waals surface area (Å²) in [7, 11) is 1.23. The lowest BCUT2D eigenvalue weighted by Crippen LogP contribution is -2.57. The molecule has 0 heterocycles. The molecule has 0 aromatic heterocycles. The maximum atomic E-state index is 14.0. The van der Waals surface area contributed by atoms with Crippen LogP contribution in [0.3, 0.4) is 0 Å². The maximum Gasteiger partial charge on any atom is 0.408 e. The van der Waals surface area contributed by atoms with Gasteiger partial charge in [-0.1, -0.05) is 45.0 Å². The van der Waals surface area contributed by atoms with Crippen molar-refractivity contribution in [1.29, 1.82) is 0 Å². The van der Waals surface area contributed by atoms with Crippen molar-refractivity contribution >= 4 is 23.9 Å². The Morgan fingerprint density at radius 2 is 1.66 bits per heavy atom. The summed E-state index contributed by atoms with van der Waals surface area (Å²) in [5.74, 6) is -1.81. The number of alkyl carbamates (subject to hydrolysis) is 1. The maximum absolute atomic E-state index is 14.0. The molecular formula is C26H41N3O6. The van der Waals surface area contributed by atoms with Gasteiger partial charge in [0, 0.05) is 6.04 Å². The van der Waals surface area contributed by atoms with Gasteiger partial charge >= 0.3 is 12.1 Å². The first-order chi connectivity index (χ1) is 16.2. The van der Waals surface area contributed by atoms with E-state index in [4.69, 9.17) is 4.74 Å². The van der Waals surface area contributed by atoms with E-state index in [0.29, 0.717) is 12.0 Å². The van der Waals surface area contributed by atoms with Crippen molar-refractivity contribution in [3.8, 4) is 0 Å². The van der Waals surface area contributed by atoms with E-state index in [9.17, 15) is 19.2 Å². The van der Waals surface area contributed by atoms with Crippen LogP contribution in [-0.2, 0) is 23.9 Å². The minimum absolute atomic E-state index is 0.280. The summed E-state index contributed by atoms with van der Waals surface area (Å²) >= 11 is 0. The predicted octanol–water partition coefficient (Wildman–Crippen LogP) is 3.50. The zero-order valence-electron chi connectivity index (χ0n) is 22.4. The number of aryl methyl sites for hydroxylation is 1. The molecule has 0 saturated heterocycles. The molecule has 0 aliphatic carbocycles. The molecule has 1 aromatic carbocycles. The number of nitrogens with one attached hydrogen (secondary N) is 2. The highest BCUT2D eigenvalue weighted by atomic mass is 16.6. The number of carbonyl (C=O) groups excluding carboxylic acids is 4. The van der Waals surface area contributed by atoms with E-state index in [2.05, 4.69) is 15.4 Å². The molecule has 0 radical (unpaired) electrons. The number of hydrogen-bond acceptors (Lipinski definition) is 6. The van der Waals surface area contributed by atoms with Gasteiger partial charge in [-0.05, 0) is 58.1 Å². The smallest absolute Gasteiger partial charge is 0.408 e. The Morgan fingerprint density at radius 1 is 1.06 bits per heavy atom. The molecule has 35 heavy (non-hydrogen) atoms. The molecule has 0 fully saturated rings. The summed E-state index contributed by atoms with van der Waals surface area (Å²) in [6.45, 7) is 14.1. The van der Waals surface area contributed by atoms with Gasteiger partial charge in [0.2, 0.25) is 11.8 Å². The minimum atomic E-state index is -1.02. The Bertz CT molecular complexity index is 893. The van der Waals surface area contributed by atoms with E-state index >= 15 is 0 Å². The third kappa shape index (κ3) is 8.88. The molecule has 0 bridgehead atoms. The van der Waals surface area contributed by atoms with Crippen LogP contribution in [0.1, 0.15) is 72.1 Å². The normalized spacial score (nSPS) is 13.9. The quantitative estimate of drug-likeness (QED) is 0.484. The standard InChI is InChI=1S/C26H41N3O6/c1-10-18(5)29(24(32)21(16(2)3)28-25(33)35-26(6,7)8)22(19-14-12-11-13-17(19)4)23(31)27-15-20(30)34-9/h11-14,16,18,21-22H,10,15H2,1-9H3,(H,27,31)(H,28,33). The van der Waals surface area contributed by atoms with Crippen molar-refractivity contribution in [1.82, 2.24) is 15.5 Å². The van der Waals surface area contributed by atoms with Crippen LogP contribution in [-0.4, -0.2) is 60.1 Å². The summed E-state index contributed by atoms with van der Waals surface area (Å²) in [5.41, 5.74) is 0.707. The number of nitrogens with zero attached hydrogens (tertiary/aromatic N) is 1. The van der Waals surface area contributed by atoms with Crippen LogP contribution in [0, 0.1) is 12.8 Å². The minimum Gasteiger partial charge on any atom is -0.468 e. The van der Waals surface area contributed by atoms with Crippen LogP contribution < -0.4 is 10.6 Å². The molecule has 1 aromatic rings. The van der Waals surface area contributed by atoms with Gasteiger partial charge in [-0.2, -0.15) is 0 Å². The number of rotatable bonds is 10. The monoisotopic (exact) mass is 491 g/mol. The van der Waals surface area contributed by atoms with Crippen molar-refractivity contribution in [3.05, 3.63) is 35.4 Å². The van der Waals surface area contributed by atoms with Gasteiger partial charge in [-0.3, -0.25) is 14.4 Å². The zero-order chi connectivity index (χ0) is 26.9. The van der Waals surface area contributed by atoms with Crippen molar-refractivity contribution < 1.29 is 28.7 Å². The fraction of sp³-hybridized carbons (Fsp3) is 0.615. The number of carbonyl (C=O) groups is 4. The van der Waals surface area contributed by atoms with Crippen LogP contribution in [0.15, 0.2) is 24.3 Å². The van der Waals surface area contributed by atoms with Gasteiger partial charge in [0.25, 0.3) is 0 Å². The lowest BCUT2D eigenvalue weighted by molar-refractivity contribution is -0.147. The number of methoxy groups -OCH3 is 1. The Labute approximate surface area is 208 Å². The van der Waals surface area contributed by atoms with Crippen molar-refractivity contribution in [3.63, 3.8) is 0 Å². The third-order valence-electron chi connectivity index (χ3n) is 5.57. The first-order valence-electron chi connectivity index (χ1n) is 11.9. The predicted molar refractivity (Wildman–Crippen MR) is 134 cm³/mol. The molecule has 0 aliphatic heterocycles. The second kappa shape index (κ2) is 13.1. The molecule has 1 rings (SSSR count). The Balaban J connectivity index is 3.51. The zero-order valence-corrected chi connectivity index (χ0v) is 22.4. The highest BCUT2D eigenvalue weighted by Gasteiger charge is 2.40. The fourth-order valence-electron chi connectivity index (χ4n) is 3.54. The Hall–Kier alpha value is -3.10. The highest BCUT2D eigenvalue weighted by Crippen LogP contribution is 2.29. The lowest BCUT2D eigenvalue weighted by atomic mass is 9.94. The van der Waals surface area contributed by atoms with E-state index in [1.165, 1.54) is 12.0 Å². The molecule has 0 aliphatic rings. The van der Waals surface area contributed by atoms with Crippen LogP contribution in [0.4, 0.5) is 4.79 Å². The summed E-state index contributed by atoms with van der Waals surface area (Å²) in [6.07, 6.45) is -0.147. The first-order valence-corrected chi connectivity index (χ1v) is 11.9. The van der Waals surface area contributed by atoms with Gasteiger partial charge < -0.3 is 25.0 Å². The summed E-state index contributed by atoms with van der Waals surface area (Å²) in [5, 5.41) is 5.29. The second-order valence-corrected chi connectivity index (χ2v) is 9.92. The molecule has 3 atom stereocenters. The van der Waals surface area contributed by atoms with Gasteiger partial charge in [0.15, 0.2) is 0 Å². The van der Waals surface area contributed by atoms with Crippen LogP contribution >= 0.6 is 0 Å². The summed E-state index contributed by atoms with van der Waals surface area (Å²) < 4.78 is 10.0. The van der Waals surface area contributed by atoms with Gasteiger partial charge in [-0.25, -0.2) is 4.79 Å². The number of benzene rings is 1. The average Bonchev–Trinajstić information content (AvgIpc) is 2.77. The van der Waals surface area contributed by atoms with Crippen molar-refractivity contribution in [2.75, 3.05) is 13.7 Å². The SMILES string of the molecule is CCC(C)N(C(=O)C(NC(=O)OC(C)(C)C)C(C)C)C(C(=O)NCC(=O)OC)c1ccccc1C. The topological polar surface area (TPSA) is 114 Å². The van der Waals surface area contributed by atoms with E-state index in [1.54, 1.807) is 32.9 Å². The van der Waals surface area contributed by atoms with Crippen molar-refractivity contribution in [2.24, 2.45) is 5.92 Å². The number of amides is 3. The number of ether oxygens (including phenoxy) is 2.